The minimum atomic E-state index is -2.44. The van der Waals surface area contributed by atoms with Gasteiger partial charge in [0.05, 0.1) is 18.8 Å². The predicted octanol–water partition coefficient (Wildman–Crippen LogP) is 4.44. The molecular formula is C26H36O3Si. The second kappa shape index (κ2) is 10.1. The predicted molar refractivity (Wildman–Crippen MR) is 127 cm³/mol. The van der Waals surface area contributed by atoms with Gasteiger partial charge in [-0.1, -0.05) is 87.5 Å². The molecule has 0 fully saturated rings. The quantitative estimate of drug-likeness (QED) is 0.367. The Morgan fingerprint density at radius 1 is 0.933 bits per heavy atom. The molecule has 0 bridgehead atoms. The van der Waals surface area contributed by atoms with Gasteiger partial charge in [0.1, 0.15) is 0 Å². The second-order valence-electron chi connectivity index (χ2n) is 9.26. The summed E-state index contributed by atoms with van der Waals surface area (Å²) in [6.07, 6.45) is 5.07. The van der Waals surface area contributed by atoms with Crippen molar-refractivity contribution in [2.45, 2.75) is 64.2 Å². The Morgan fingerprint density at radius 3 is 1.97 bits per heavy atom. The maximum atomic E-state index is 9.31. The molecule has 30 heavy (non-hydrogen) atoms. The maximum absolute atomic E-state index is 9.31. The van der Waals surface area contributed by atoms with E-state index in [9.17, 15) is 5.11 Å². The first-order valence-corrected chi connectivity index (χ1v) is 13.0. The Bertz CT molecular complexity index is 772. The first kappa shape index (κ1) is 23.0. The van der Waals surface area contributed by atoms with Gasteiger partial charge < -0.3 is 14.3 Å². The highest BCUT2D eigenvalue weighted by atomic mass is 28.4. The van der Waals surface area contributed by atoms with E-state index >= 15 is 0 Å². The molecule has 1 aliphatic rings. The summed E-state index contributed by atoms with van der Waals surface area (Å²) < 4.78 is 12.8. The zero-order valence-electron chi connectivity index (χ0n) is 18.8. The summed E-state index contributed by atoms with van der Waals surface area (Å²) in [6, 6.07) is 21.6. The van der Waals surface area contributed by atoms with E-state index in [1.807, 2.05) is 6.08 Å². The number of aliphatic hydroxyl groups is 1. The van der Waals surface area contributed by atoms with Crippen molar-refractivity contribution in [3.63, 3.8) is 0 Å². The van der Waals surface area contributed by atoms with E-state index in [0.717, 1.165) is 25.9 Å². The molecule has 4 heteroatoms. The van der Waals surface area contributed by atoms with Crippen molar-refractivity contribution >= 4 is 18.7 Å². The smallest absolute Gasteiger partial charge is 0.261 e. The monoisotopic (exact) mass is 424 g/mol. The molecule has 0 aliphatic carbocycles. The van der Waals surface area contributed by atoms with Crippen molar-refractivity contribution in [3.05, 3.63) is 72.3 Å². The van der Waals surface area contributed by atoms with Crippen LogP contribution in [0, 0.1) is 0 Å². The molecule has 1 aliphatic heterocycles. The molecule has 0 aromatic heterocycles. The van der Waals surface area contributed by atoms with Crippen LogP contribution < -0.4 is 10.4 Å². The average molecular weight is 425 g/mol. The van der Waals surface area contributed by atoms with Crippen LogP contribution in [0.25, 0.3) is 0 Å². The number of rotatable bonds is 9. The molecule has 0 unspecified atom stereocenters. The van der Waals surface area contributed by atoms with E-state index < -0.39 is 8.32 Å². The molecule has 2 atom stereocenters. The first-order valence-electron chi connectivity index (χ1n) is 11.1. The minimum absolute atomic E-state index is 0.0118. The number of hydrogen-bond donors (Lipinski definition) is 1. The van der Waals surface area contributed by atoms with Gasteiger partial charge in [0.25, 0.3) is 8.32 Å². The SMILES string of the molecule is CC1=C[C@@H](CO)O[C@@H]1CCCCO[Si](c1ccccc1)(c1ccccc1)C(C)(C)C. The third kappa shape index (κ3) is 4.94. The maximum Gasteiger partial charge on any atom is 0.261 e. The van der Waals surface area contributed by atoms with Crippen LogP contribution in [-0.2, 0) is 9.16 Å². The lowest BCUT2D eigenvalue weighted by Crippen LogP contribution is -2.66. The summed E-state index contributed by atoms with van der Waals surface area (Å²) in [4.78, 5) is 0. The zero-order chi connectivity index (χ0) is 21.6. The number of aliphatic hydroxyl groups excluding tert-OH is 1. The van der Waals surface area contributed by atoms with Crippen LogP contribution in [0.15, 0.2) is 72.3 Å². The van der Waals surface area contributed by atoms with Gasteiger partial charge in [-0.25, -0.2) is 0 Å². The normalized spacial score (nSPS) is 19.7. The fraction of sp³-hybridized carbons (Fsp3) is 0.462. The summed E-state index contributed by atoms with van der Waals surface area (Å²) in [6.45, 7) is 9.84. The standard InChI is InChI=1S/C26H36O3Si/c1-21-19-22(20-27)29-25(21)17-11-12-18-28-30(26(2,3)4,23-13-7-5-8-14-23)24-15-9-6-10-16-24/h5-10,13-16,19,22,25,27H,11-12,17-18,20H2,1-4H3/t22-,25+/m0/s1. The zero-order valence-corrected chi connectivity index (χ0v) is 19.8. The molecule has 2 aromatic carbocycles. The van der Waals surface area contributed by atoms with Crippen molar-refractivity contribution in [3.8, 4) is 0 Å². The van der Waals surface area contributed by atoms with Gasteiger partial charge in [-0.2, -0.15) is 0 Å². The van der Waals surface area contributed by atoms with Gasteiger partial charge in [0, 0.05) is 6.61 Å². The minimum Gasteiger partial charge on any atom is -0.407 e. The van der Waals surface area contributed by atoms with Crippen LogP contribution in [0.1, 0.15) is 47.0 Å². The molecule has 0 saturated heterocycles. The van der Waals surface area contributed by atoms with E-state index in [2.05, 4.69) is 88.4 Å². The van der Waals surface area contributed by atoms with Gasteiger partial charge in [0.15, 0.2) is 0 Å². The highest BCUT2D eigenvalue weighted by Gasteiger charge is 2.49. The highest BCUT2D eigenvalue weighted by Crippen LogP contribution is 2.37. The van der Waals surface area contributed by atoms with Crippen molar-refractivity contribution in [1.82, 2.24) is 0 Å². The molecule has 2 aromatic rings. The van der Waals surface area contributed by atoms with E-state index in [0.29, 0.717) is 0 Å². The Hall–Kier alpha value is -1.72. The fourth-order valence-electron chi connectivity index (χ4n) is 4.57. The molecule has 0 saturated carbocycles. The lowest BCUT2D eigenvalue weighted by Gasteiger charge is -2.43. The fourth-order valence-corrected chi connectivity index (χ4v) is 9.17. The number of unbranched alkanes of at least 4 members (excludes halogenated alkanes) is 1. The Balaban J connectivity index is 1.72. The summed E-state index contributed by atoms with van der Waals surface area (Å²) in [5.41, 5.74) is 1.24. The summed E-state index contributed by atoms with van der Waals surface area (Å²) in [5.74, 6) is 0. The van der Waals surface area contributed by atoms with E-state index in [-0.39, 0.29) is 23.9 Å². The Kier molecular flexibility index (Phi) is 7.69. The molecule has 162 valence electrons. The van der Waals surface area contributed by atoms with Gasteiger partial charge in [0.2, 0.25) is 0 Å². The second-order valence-corrected chi connectivity index (χ2v) is 13.6. The molecule has 3 nitrogen and oxygen atoms in total. The van der Waals surface area contributed by atoms with Gasteiger partial charge >= 0.3 is 0 Å². The molecule has 0 spiro atoms. The van der Waals surface area contributed by atoms with E-state index in [1.54, 1.807) is 0 Å². The summed E-state index contributed by atoms with van der Waals surface area (Å²) in [7, 11) is -2.44. The average Bonchev–Trinajstić information content (AvgIpc) is 3.11. The lowest BCUT2D eigenvalue weighted by molar-refractivity contribution is 0.0179. The third-order valence-corrected chi connectivity index (χ3v) is 11.1. The van der Waals surface area contributed by atoms with Crippen LogP contribution in [0.2, 0.25) is 5.04 Å². The Morgan fingerprint density at radius 2 is 1.50 bits per heavy atom. The van der Waals surface area contributed by atoms with Crippen LogP contribution in [0.3, 0.4) is 0 Å². The molecule has 3 rings (SSSR count). The van der Waals surface area contributed by atoms with E-state index in [4.69, 9.17) is 9.16 Å². The number of hydrogen-bond acceptors (Lipinski definition) is 3. The third-order valence-electron chi connectivity index (χ3n) is 6.07. The topological polar surface area (TPSA) is 38.7 Å². The van der Waals surface area contributed by atoms with Gasteiger partial charge in [-0.15, -0.1) is 0 Å². The van der Waals surface area contributed by atoms with Crippen molar-refractivity contribution < 1.29 is 14.3 Å². The van der Waals surface area contributed by atoms with Crippen molar-refractivity contribution in [1.29, 1.82) is 0 Å². The van der Waals surface area contributed by atoms with Crippen LogP contribution in [0.4, 0.5) is 0 Å². The summed E-state index contributed by atoms with van der Waals surface area (Å²) >= 11 is 0. The number of ether oxygens (including phenoxy) is 1. The van der Waals surface area contributed by atoms with Crippen LogP contribution in [-0.4, -0.2) is 38.8 Å². The molecule has 0 amide bonds. The van der Waals surface area contributed by atoms with E-state index in [1.165, 1.54) is 15.9 Å². The molecule has 1 N–H and O–H groups in total. The summed E-state index contributed by atoms with van der Waals surface area (Å²) in [5, 5.41) is 12.0. The highest BCUT2D eigenvalue weighted by molar-refractivity contribution is 6.99. The van der Waals surface area contributed by atoms with Crippen molar-refractivity contribution in [2.75, 3.05) is 13.2 Å². The molecule has 0 radical (unpaired) electrons. The Labute approximate surface area is 182 Å². The first-order chi connectivity index (χ1) is 14.4. The number of benzene rings is 2. The lowest BCUT2D eigenvalue weighted by atomic mass is 10.1. The largest absolute Gasteiger partial charge is 0.407 e. The molecule has 1 heterocycles. The molecular weight excluding hydrogens is 388 g/mol. The van der Waals surface area contributed by atoms with Crippen LogP contribution >= 0.6 is 0 Å². The van der Waals surface area contributed by atoms with Crippen LogP contribution in [0.5, 0.6) is 0 Å². The van der Waals surface area contributed by atoms with Gasteiger partial charge in [-0.05, 0) is 47.2 Å². The van der Waals surface area contributed by atoms with Gasteiger partial charge in [-0.3, -0.25) is 0 Å². The van der Waals surface area contributed by atoms with Crippen molar-refractivity contribution in [2.24, 2.45) is 0 Å².